The van der Waals surface area contributed by atoms with E-state index in [1.54, 1.807) is 24.3 Å². The summed E-state index contributed by atoms with van der Waals surface area (Å²) in [6, 6.07) is 21.3. The van der Waals surface area contributed by atoms with Gasteiger partial charge in [0.2, 0.25) is 26.0 Å². The van der Waals surface area contributed by atoms with Gasteiger partial charge in [-0.2, -0.15) is 4.98 Å². The third-order valence-corrected chi connectivity index (χ3v) is 10.3. The van der Waals surface area contributed by atoms with Crippen LogP contribution in [0.2, 0.25) is 0 Å². The van der Waals surface area contributed by atoms with E-state index in [0.29, 0.717) is 42.2 Å². The topological polar surface area (TPSA) is 156 Å². The van der Waals surface area contributed by atoms with Crippen LogP contribution in [0.5, 0.6) is 0 Å². The number of hydrogen-bond acceptors (Lipinski definition) is 8. The molecule has 43 heavy (non-hydrogen) atoms. The van der Waals surface area contributed by atoms with Crippen molar-refractivity contribution in [2.45, 2.75) is 48.8 Å². The van der Waals surface area contributed by atoms with E-state index < -0.39 is 20.0 Å². The molecule has 5 rings (SSSR count). The molecule has 0 aliphatic heterocycles. The van der Waals surface area contributed by atoms with Crippen molar-refractivity contribution < 1.29 is 16.8 Å². The van der Waals surface area contributed by atoms with Crippen LogP contribution in [0.25, 0.3) is 10.9 Å². The molecule has 0 amide bonds. The van der Waals surface area contributed by atoms with E-state index in [1.165, 1.54) is 12.1 Å². The van der Waals surface area contributed by atoms with Crippen LogP contribution < -0.4 is 20.5 Å². The largest absolute Gasteiger partial charge is 0.369 e. The first-order valence-electron chi connectivity index (χ1n) is 14.5. The molecule has 12 heteroatoms. The summed E-state index contributed by atoms with van der Waals surface area (Å²) < 4.78 is 51.1. The average molecular weight is 623 g/mol. The van der Waals surface area contributed by atoms with E-state index in [4.69, 9.17) is 15.1 Å². The summed E-state index contributed by atoms with van der Waals surface area (Å²) in [6.07, 6.45) is 4.62. The molecule has 1 heterocycles. The molecule has 1 aliphatic rings. The second-order valence-electron chi connectivity index (χ2n) is 11.2. The van der Waals surface area contributed by atoms with Crippen LogP contribution in [-0.2, 0) is 26.5 Å². The number of fused-ring (bicyclic) bond motifs is 1. The van der Waals surface area contributed by atoms with E-state index >= 15 is 0 Å². The van der Waals surface area contributed by atoms with Crippen molar-refractivity contribution in [3.8, 4) is 0 Å². The van der Waals surface area contributed by atoms with Crippen LogP contribution in [0, 0.1) is 18.8 Å². The Hall–Kier alpha value is -3.58. The molecule has 0 unspecified atom stereocenters. The summed E-state index contributed by atoms with van der Waals surface area (Å²) in [5.41, 5.74) is 2.85. The van der Waals surface area contributed by atoms with Crippen LogP contribution in [0.4, 0.5) is 11.8 Å². The first kappa shape index (κ1) is 30.9. The maximum atomic E-state index is 12.6. The third-order valence-electron chi connectivity index (χ3n) is 7.97. The Morgan fingerprint density at radius 2 is 1.40 bits per heavy atom. The van der Waals surface area contributed by atoms with Gasteiger partial charge in [0.1, 0.15) is 5.82 Å². The molecular formula is C31H38N6O4S2. The van der Waals surface area contributed by atoms with Crippen molar-refractivity contribution in [1.82, 2.24) is 14.7 Å². The molecule has 0 atom stereocenters. The maximum Gasteiger partial charge on any atom is 0.240 e. The SMILES string of the molecule is Cc1ccc(S(=O)(=O)NC[C@H]2CC[C@H](CNc3nc(NCCc4ccc(S(N)(=O)=O)cc4)c4ccccc4n3)CC2)cc1. The Kier molecular flexibility index (Phi) is 9.60. The molecule has 0 bridgehead atoms. The van der Waals surface area contributed by atoms with Crippen LogP contribution >= 0.6 is 0 Å². The third kappa shape index (κ3) is 8.29. The van der Waals surface area contributed by atoms with Crippen molar-refractivity contribution in [1.29, 1.82) is 0 Å². The zero-order valence-corrected chi connectivity index (χ0v) is 25.8. The summed E-state index contributed by atoms with van der Waals surface area (Å²) >= 11 is 0. The van der Waals surface area contributed by atoms with E-state index in [-0.39, 0.29) is 4.90 Å². The van der Waals surface area contributed by atoms with Crippen LogP contribution in [0.1, 0.15) is 36.8 Å². The lowest BCUT2D eigenvalue weighted by Crippen LogP contribution is -2.32. The molecule has 0 spiro atoms. The fraction of sp³-hybridized carbons (Fsp3) is 0.355. The van der Waals surface area contributed by atoms with Crippen molar-refractivity contribution in [2.75, 3.05) is 30.3 Å². The van der Waals surface area contributed by atoms with Gasteiger partial charge in [-0.3, -0.25) is 0 Å². The Morgan fingerprint density at radius 1 is 0.767 bits per heavy atom. The van der Waals surface area contributed by atoms with E-state index in [9.17, 15) is 16.8 Å². The Morgan fingerprint density at radius 3 is 2.07 bits per heavy atom. The minimum Gasteiger partial charge on any atom is -0.369 e. The standard InChI is InChI=1S/C31H38N6O4S2/c1-22-6-14-27(15-7-22)43(40,41)35-21-25-10-8-24(9-11-25)20-34-31-36-29-5-3-2-4-28(29)30(37-31)33-19-18-23-12-16-26(17-13-23)42(32,38)39/h2-7,12-17,24-25,35H,8-11,18-21H2,1H3,(H2,32,38,39)(H2,33,34,36,37)/t24-,25-. The molecule has 1 saturated carbocycles. The number of sulfonamides is 2. The first-order valence-corrected chi connectivity index (χ1v) is 17.5. The number of nitrogens with one attached hydrogen (secondary N) is 3. The van der Waals surface area contributed by atoms with Gasteiger partial charge in [-0.15, -0.1) is 0 Å². The normalized spacial score (nSPS) is 17.5. The number of benzene rings is 3. The number of nitrogens with two attached hydrogens (primary N) is 1. The van der Waals surface area contributed by atoms with Crippen molar-refractivity contribution in [3.63, 3.8) is 0 Å². The molecule has 5 N–H and O–H groups in total. The fourth-order valence-electron chi connectivity index (χ4n) is 5.37. The van der Waals surface area contributed by atoms with E-state index in [1.807, 2.05) is 43.3 Å². The van der Waals surface area contributed by atoms with Crippen molar-refractivity contribution >= 4 is 42.7 Å². The highest BCUT2D eigenvalue weighted by molar-refractivity contribution is 7.89. The second kappa shape index (κ2) is 13.4. The van der Waals surface area contributed by atoms with Gasteiger partial charge in [-0.25, -0.2) is 31.7 Å². The van der Waals surface area contributed by atoms with Crippen LogP contribution in [-0.4, -0.2) is 46.4 Å². The lowest BCUT2D eigenvalue weighted by atomic mass is 9.82. The summed E-state index contributed by atoms with van der Waals surface area (Å²) in [7, 11) is -7.21. The van der Waals surface area contributed by atoms with Crippen molar-refractivity contribution in [2.24, 2.45) is 17.0 Å². The number of aromatic nitrogens is 2. The van der Waals surface area contributed by atoms with E-state index in [2.05, 4.69) is 15.4 Å². The van der Waals surface area contributed by atoms with Gasteiger partial charge in [0.25, 0.3) is 0 Å². The maximum absolute atomic E-state index is 12.6. The predicted molar refractivity (Wildman–Crippen MR) is 170 cm³/mol. The molecule has 1 aromatic heterocycles. The van der Waals surface area contributed by atoms with Gasteiger partial charge in [0.15, 0.2) is 0 Å². The van der Waals surface area contributed by atoms with Gasteiger partial charge < -0.3 is 10.6 Å². The average Bonchev–Trinajstić information content (AvgIpc) is 2.99. The van der Waals surface area contributed by atoms with Crippen LogP contribution in [0.15, 0.2) is 82.6 Å². The minimum absolute atomic E-state index is 0.0953. The highest BCUT2D eigenvalue weighted by atomic mass is 32.2. The predicted octanol–water partition coefficient (Wildman–Crippen LogP) is 4.44. The number of aryl methyl sites for hydroxylation is 1. The quantitative estimate of drug-likeness (QED) is 0.181. The number of hydrogen-bond donors (Lipinski definition) is 4. The minimum atomic E-state index is -3.71. The lowest BCUT2D eigenvalue weighted by Gasteiger charge is -2.28. The lowest BCUT2D eigenvalue weighted by molar-refractivity contribution is 0.284. The van der Waals surface area contributed by atoms with Gasteiger partial charge in [-0.05, 0) is 92.8 Å². The Labute approximate surface area is 253 Å². The molecule has 228 valence electrons. The zero-order chi connectivity index (χ0) is 30.5. The smallest absolute Gasteiger partial charge is 0.240 e. The first-order chi connectivity index (χ1) is 20.6. The summed E-state index contributed by atoms with van der Waals surface area (Å²) in [5.74, 6) is 2.07. The zero-order valence-electron chi connectivity index (χ0n) is 24.2. The fourth-order valence-corrected chi connectivity index (χ4v) is 7.00. The molecule has 10 nitrogen and oxygen atoms in total. The van der Waals surface area contributed by atoms with Crippen molar-refractivity contribution in [3.05, 3.63) is 83.9 Å². The number of rotatable bonds is 12. The number of primary sulfonamides is 1. The van der Waals surface area contributed by atoms with Crippen LogP contribution in [0.3, 0.4) is 0 Å². The molecule has 3 aromatic carbocycles. The number of nitrogens with zero attached hydrogens (tertiary/aromatic N) is 2. The number of anilines is 2. The molecular weight excluding hydrogens is 585 g/mol. The van der Waals surface area contributed by atoms with Gasteiger partial charge >= 0.3 is 0 Å². The van der Waals surface area contributed by atoms with E-state index in [0.717, 1.165) is 60.1 Å². The summed E-state index contributed by atoms with van der Waals surface area (Å²) in [4.78, 5) is 9.88. The molecule has 4 aromatic rings. The summed E-state index contributed by atoms with van der Waals surface area (Å²) in [5, 5.41) is 13.0. The van der Waals surface area contributed by atoms with Gasteiger partial charge in [-0.1, -0.05) is 42.0 Å². The second-order valence-corrected chi connectivity index (χ2v) is 14.5. The molecule has 1 fully saturated rings. The Bertz CT molecular complexity index is 1750. The van der Waals surface area contributed by atoms with Gasteiger partial charge in [0, 0.05) is 25.0 Å². The monoisotopic (exact) mass is 622 g/mol. The highest BCUT2D eigenvalue weighted by Crippen LogP contribution is 2.29. The molecule has 0 radical (unpaired) electrons. The molecule has 1 aliphatic carbocycles. The summed E-state index contributed by atoms with van der Waals surface area (Å²) in [6.45, 7) is 3.74. The van der Waals surface area contributed by atoms with Gasteiger partial charge in [0.05, 0.1) is 15.3 Å². The molecule has 0 saturated heterocycles. The highest BCUT2D eigenvalue weighted by Gasteiger charge is 2.23. The Balaban J connectivity index is 1.12. The number of para-hydroxylation sites is 1.